The van der Waals surface area contributed by atoms with Crippen molar-refractivity contribution in [3.05, 3.63) is 57.8 Å². The van der Waals surface area contributed by atoms with E-state index in [1.54, 1.807) is 6.92 Å². The first-order valence-electron chi connectivity index (χ1n) is 9.52. The Bertz CT molecular complexity index is 812. The molecule has 0 saturated carbocycles. The lowest BCUT2D eigenvalue weighted by molar-refractivity contribution is -0.139. The molecule has 3 heterocycles. The Morgan fingerprint density at radius 1 is 1.00 bits per heavy atom. The van der Waals surface area contributed by atoms with E-state index in [1.165, 1.54) is 16.0 Å². The van der Waals surface area contributed by atoms with Gasteiger partial charge >= 0.3 is 0 Å². The highest BCUT2D eigenvalue weighted by molar-refractivity contribution is 7.10. The highest BCUT2D eigenvalue weighted by atomic mass is 32.1. The number of benzene rings is 1. The summed E-state index contributed by atoms with van der Waals surface area (Å²) in [6.45, 7) is 5.45. The van der Waals surface area contributed by atoms with Crippen molar-refractivity contribution < 1.29 is 9.59 Å². The molecule has 0 aliphatic carbocycles. The normalized spacial score (nSPS) is 20.4. The molecule has 0 spiro atoms. The lowest BCUT2D eigenvalue weighted by atomic mass is 9.93. The average Bonchev–Trinajstić information content (AvgIpc) is 3.17. The first-order valence-corrected chi connectivity index (χ1v) is 10.4. The molecule has 0 bridgehead atoms. The van der Waals surface area contributed by atoms with Gasteiger partial charge in [-0.05, 0) is 29.0 Å². The summed E-state index contributed by atoms with van der Waals surface area (Å²) in [5.74, 6) is 0.255. The number of fused-ring (bicyclic) bond motifs is 1. The van der Waals surface area contributed by atoms with Crippen LogP contribution in [0.5, 0.6) is 0 Å². The molecule has 4 rings (SSSR count). The van der Waals surface area contributed by atoms with Crippen LogP contribution in [0.2, 0.25) is 0 Å². The molecule has 2 amide bonds. The zero-order valence-corrected chi connectivity index (χ0v) is 16.5. The minimum absolute atomic E-state index is 0.0901. The van der Waals surface area contributed by atoms with Gasteiger partial charge in [0.05, 0.1) is 12.6 Å². The molecule has 1 fully saturated rings. The molecule has 2 aromatic rings. The van der Waals surface area contributed by atoms with Crippen LogP contribution in [0.1, 0.15) is 29.0 Å². The minimum atomic E-state index is 0.0901. The highest BCUT2D eigenvalue weighted by Crippen LogP contribution is 2.37. The maximum atomic E-state index is 13.0. The van der Waals surface area contributed by atoms with E-state index >= 15 is 0 Å². The predicted octanol–water partition coefficient (Wildman–Crippen LogP) is 2.39. The molecule has 1 aromatic carbocycles. The minimum Gasteiger partial charge on any atom is -0.339 e. The van der Waals surface area contributed by atoms with E-state index in [4.69, 9.17) is 0 Å². The van der Waals surface area contributed by atoms with E-state index in [1.807, 2.05) is 27.2 Å². The van der Waals surface area contributed by atoms with Crippen LogP contribution in [0.15, 0.2) is 41.8 Å². The first-order chi connectivity index (χ1) is 13.1. The van der Waals surface area contributed by atoms with Crippen LogP contribution in [0, 0.1) is 0 Å². The van der Waals surface area contributed by atoms with Gasteiger partial charge in [0, 0.05) is 44.5 Å². The van der Waals surface area contributed by atoms with Crippen molar-refractivity contribution in [2.45, 2.75) is 19.4 Å². The Balaban J connectivity index is 1.49. The van der Waals surface area contributed by atoms with E-state index < -0.39 is 0 Å². The van der Waals surface area contributed by atoms with Gasteiger partial charge in [-0.1, -0.05) is 30.3 Å². The fraction of sp³-hybridized carbons (Fsp3) is 0.429. The van der Waals surface area contributed by atoms with E-state index in [0.717, 1.165) is 13.0 Å². The molecular formula is C21H25N3O2S. The van der Waals surface area contributed by atoms with Gasteiger partial charge in [-0.15, -0.1) is 11.3 Å². The Labute approximate surface area is 164 Å². The number of carbonyl (C=O) groups is 2. The van der Waals surface area contributed by atoms with E-state index in [0.29, 0.717) is 32.7 Å². The van der Waals surface area contributed by atoms with Crippen LogP contribution in [0.3, 0.4) is 0 Å². The summed E-state index contributed by atoms with van der Waals surface area (Å²) in [5.41, 5.74) is 2.58. The SMILES string of the molecule is CC(=O)N1CCN(C(=O)CN2CCc3sccc3C2c2ccccc2)CC1. The van der Waals surface area contributed by atoms with Crippen molar-refractivity contribution in [2.75, 3.05) is 39.3 Å². The van der Waals surface area contributed by atoms with Crippen molar-refractivity contribution in [1.82, 2.24) is 14.7 Å². The van der Waals surface area contributed by atoms with Crippen LogP contribution in [-0.4, -0.2) is 65.8 Å². The Morgan fingerprint density at radius 2 is 1.70 bits per heavy atom. The molecule has 27 heavy (non-hydrogen) atoms. The summed E-state index contributed by atoms with van der Waals surface area (Å²) in [6.07, 6.45) is 1.00. The average molecular weight is 384 g/mol. The van der Waals surface area contributed by atoms with Gasteiger partial charge < -0.3 is 9.80 Å². The number of hydrogen-bond donors (Lipinski definition) is 0. The van der Waals surface area contributed by atoms with Crippen molar-refractivity contribution in [1.29, 1.82) is 0 Å². The molecule has 2 aliphatic rings. The first kappa shape index (κ1) is 18.2. The number of amides is 2. The van der Waals surface area contributed by atoms with Gasteiger partial charge in [0.25, 0.3) is 0 Å². The fourth-order valence-corrected chi connectivity index (χ4v) is 5.01. The Kier molecular flexibility index (Phi) is 5.27. The van der Waals surface area contributed by atoms with E-state index in [2.05, 4.69) is 40.6 Å². The van der Waals surface area contributed by atoms with Crippen molar-refractivity contribution in [2.24, 2.45) is 0 Å². The molecule has 0 N–H and O–H groups in total. The second-order valence-electron chi connectivity index (χ2n) is 7.22. The molecule has 1 saturated heterocycles. The summed E-state index contributed by atoms with van der Waals surface area (Å²) < 4.78 is 0. The molecule has 1 atom stereocenters. The van der Waals surface area contributed by atoms with Gasteiger partial charge in [-0.2, -0.15) is 0 Å². The summed E-state index contributed by atoms with van der Waals surface area (Å²) in [5, 5.41) is 2.16. The molecular weight excluding hydrogens is 358 g/mol. The second-order valence-corrected chi connectivity index (χ2v) is 8.22. The number of piperazine rings is 1. The third-order valence-corrected chi connectivity index (χ3v) is 6.59. The monoisotopic (exact) mass is 383 g/mol. The van der Waals surface area contributed by atoms with Crippen LogP contribution in [0.25, 0.3) is 0 Å². The molecule has 1 aromatic heterocycles. The van der Waals surface area contributed by atoms with Gasteiger partial charge in [-0.3, -0.25) is 14.5 Å². The molecule has 0 radical (unpaired) electrons. The number of hydrogen-bond acceptors (Lipinski definition) is 4. The highest BCUT2D eigenvalue weighted by Gasteiger charge is 2.32. The molecule has 5 nitrogen and oxygen atoms in total. The second kappa shape index (κ2) is 7.82. The third kappa shape index (κ3) is 3.77. The van der Waals surface area contributed by atoms with Gasteiger partial charge in [0.2, 0.25) is 11.8 Å². The van der Waals surface area contributed by atoms with Crippen molar-refractivity contribution in [3.63, 3.8) is 0 Å². The Hall–Kier alpha value is -2.18. The number of nitrogens with zero attached hydrogens (tertiary/aromatic N) is 3. The van der Waals surface area contributed by atoms with Crippen molar-refractivity contribution in [3.8, 4) is 0 Å². The standard InChI is InChI=1S/C21H25N3O2S/c1-16(25)22-10-12-23(13-11-22)20(26)15-24-9-7-19-18(8-14-27-19)21(24)17-5-3-2-4-6-17/h2-6,8,14,21H,7,9-13,15H2,1H3. The molecule has 2 aliphatic heterocycles. The van der Waals surface area contributed by atoms with Gasteiger partial charge in [0.1, 0.15) is 0 Å². The topological polar surface area (TPSA) is 43.9 Å². The number of rotatable bonds is 3. The maximum absolute atomic E-state index is 13.0. The maximum Gasteiger partial charge on any atom is 0.236 e. The zero-order valence-electron chi connectivity index (χ0n) is 15.6. The number of thiophene rings is 1. The predicted molar refractivity (Wildman–Crippen MR) is 107 cm³/mol. The van der Waals surface area contributed by atoms with E-state index in [-0.39, 0.29) is 17.9 Å². The summed E-state index contributed by atoms with van der Waals surface area (Å²) in [4.78, 5) is 31.9. The number of carbonyl (C=O) groups excluding carboxylic acids is 2. The van der Waals surface area contributed by atoms with Crippen LogP contribution >= 0.6 is 11.3 Å². The largest absolute Gasteiger partial charge is 0.339 e. The molecule has 1 unspecified atom stereocenters. The quantitative estimate of drug-likeness (QED) is 0.817. The van der Waals surface area contributed by atoms with Gasteiger partial charge in [0.15, 0.2) is 0 Å². The van der Waals surface area contributed by atoms with Crippen LogP contribution in [0.4, 0.5) is 0 Å². The van der Waals surface area contributed by atoms with Gasteiger partial charge in [-0.25, -0.2) is 0 Å². The lowest BCUT2D eigenvalue weighted by Gasteiger charge is -2.39. The smallest absolute Gasteiger partial charge is 0.236 e. The Morgan fingerprint density at radius 3 is 2.41 bits per heavy atom. The summed E-state index contributed by atoms with van der Waals surface area (Å²) in [7, 11) is 0. The summed E-state index contributed by atoms with van der Waals surface area (Å²) >= 11 is 1.82. The van der Waals surface area contributed by atoms with E-state index in [9.17, 15) is 9.59 Å². The molecule has 142 valence electrons. The van der Waals surface area contributed by atoms with Crippen LogP contribution in [-0.2, 0) is 16.0 Å². The lowest BCUT2D eigenvalue weighted by Crippen LogP contribution is -2.53. The molecule has 6 heteroatoms. The van der Waals surface area contributed by atoms with Crippen LogP contribution < -0.4 is 0 Å². The van der Waals surface area contributed by atoms with Crippen molar-refractivity contribution >= 4 is 23.2 Å². The zero-order chi connectivity index (χ0) is 18.8. The third-order valence-electron chi connectivity index (χ3n) is 5.60. The fourth-order valence-electron chi connectivity index (χ4n) is 4.11. The summed E-state index contributed by atoms with van der Waals surface area (Å²) in [6, 6.07) is 12.8.